The highest BCUT2D eigenvalue weighted by Gasteiger charge is 2.00. The first-order valence-electron chi connectivity index (χ1n) is 5.54. The van der Waals surface area contributed by atoms with Crippen LogP contribution in [-0.2, 0) is 4.79 Å². The molecule has 0 N–H and O–H groups in total. The zero-order valence-electron chi connectivity index (χ0n) is 9.85. The Bertz CT molecular complexity index is 589. The van der Waals surface area contributed by atoms with Crippen LogP contribution in [0, 0.1) is 0 Å². The second-order valence-electron chi connectivity index (χ2n) is 3.76. The average Bonchev–Trinajstić information content (AvgIpc) is 2.41. The monoisotopic (exact) mass is 308 g/mol. The van der Waals surface area contributed by atoms with Gasteiger partial charge in [-0.3, -0.25) is 4.79 Å². The van der Waals surface area contributed by atoms with Gasteiger partial charge in [-0.15, -0.1) is 0 Å². The molecule has 0 amide bonds. The molecule has 4 heteroatoms. The number of thioether (sulfide) groups is 1. The molecule has 2 aromatic rings. The van der Waals surface area contributed by atoms with E-state index in [4.69, 9.17) is 23.2 Å². The van der Waals surface area contributed by atoms with Gasteiger partial charge in [-0.05, 0) is 59.8 Å². The van der Waals surface area contributed by atoms with Crippen LogP contribution in [0.25, 0.3) is 6.08 Å². The first-order valence-corrected chi connectivity index (χ1v) is 7.12. The fraction of sp³-hybridized carbons (Fsp3) is 0. The maximum absolute atomic E-state index is 11.8. The Labute approximate surface area is 126 Å². The fourth-order valence-electron chi connectivity index (χ4n) is 1.39. The molecule has 0 spiro atoms. The van der Waals surface area contributed by atoms with Crippen LogP contribution < -0.4 is 0 Å². The van der Waals surface area contributed by atoms with Crippen molar-refractivity contribution in [3.05, 3.63) is 70.2 Å². The molecular formula is C15H10Cl2OS. The zero-order chi connectivity index (χ0) is 13.7. The Kier molecular flexibility index (Phi) is 5.08. The van der Waals surface area contributed by atoms with E-state index < -0.39 is 0 Å². The zero-order valence-corrected chi connectivity index (χ0v) is 12.2. The predicted octanol–water partition coefficient (Wildman–Crippen LogP) is 5.33. The number of carbonyl (C=O) groups excluding carboxylic acids is 1. The highest BCUT2D eigenvalue weighted by atomic mass is 35.5. The minimum absolute atomic E-state index is 0.0303. The van der Waals surface area contributed by atoms with Gasteiger partial charge in [0.15, 0.2) is 0 Å². The van der Waals surface area contributed by atoms with Crippen LogP contribution in [-0.4, -0.2) is 5.12 Å². The van der Waals surface area contributed by atoms with E-state index in [9.17, 15) is 4.79 Å². The summed E-state index contributed by atoms with van der Waals surface area (Å²) in [7, 11) is 0. The van der Waals surface area contributed by atoms with E-state index in [0.717, 1.165) is 22.2 Å². The summed E-state index contributed by atoms with van der Waals surface area (Å²) >= 11 is 12.7. The van der Waals surface area contributed by atoms with Crippen LogP contribution in [0.15, 0.2) is 59.5 Å². The van der Waals surface area contributed by atoms with Crippen LogP contribution in [0.2, 0.25) is 10.0 Å². The largest absolute Gasteiger partial charge is 0.282 e. The Balaban J connectivity index is 1.97. The topological polar surface area (TPSA) is 17.1 Å². The third-order valence-electron chi connectivity index (χ3n) is 2.31. The molecule has 0 fully saturated rings. The standard InChI is InChI=1S/C15H10Cl2OS/c16-12-4-1-11(2-5-12)3-10-15(18)19-14-8-6-13(17)7-9-14/h1-10H. The molecule has 0 saturated heterocycles. The lowest BCUT2D eigenvalue weighted by molar-refractivity contribution is -0.106. The van der Waals surface area contributed by atoms with E-state index in [2.05, 4.69) is 0 Å². The summed E-state index contributed by atoms with van der Waals surface area (Å²) in [5.41, 5.74) is 0.939. The lowest BCUT2D eigenvalue weighted by Gasteiger charge is -1.97. The van der Waals surface area contributed by atoms with Gasteiger partial charge in [-0.25, -0.2) is 0 Å². The lowest BCUT2D eigenvalue weighted by atomic mass is 10.2. The molecule has 0 heterocycles. The van der Waals surface area contributed by atoms with Gasteiger partial charge >= 0.3 is 0 Å². The molecule has 0 aliphatic heterocycles. The summed E-state index contributed by atoms with van der Waals surface area (Å²) in [6.07, 6.45) is 3.31. The maximum atomic E-state index is 11.8. The Morgan fingerprint density at radius 1 is 0.895 bits per heavy atom. The SMILES string of the molecule is O=C(C=Cc1ccc(Cl)cc1)Sc1ccc(Cl)cc1. The molecule has 19 heavy (non-hydrogen) atoms. The van der Waals surface area contributed by atoms with Gasteiger partial charge in [0.1, 0.15) is 0 Å². The lowest BCUT2D eigenvalue weighted by Crippen LogP contribution is -1.84. The molecule has 0 aliphatic rings. The van der Waals surface area contributed by atoms with Crippen molar-refractivity contribution in [2.75, 3.05) is 0 Å². The summed E-state index contributed by atoms with van der Waals surface area (Å²) in [5.74, 6) is 0. The van der Waals surface area contributed by atoms with Crippen LogP contribution in [0.1, 0.15) is 5.56 Å². The highest BCUT2D eigenvalue weighted by molar-refractivity contribution is 8.14. The molecule has 96 valence electrons. The molecule has 2 rings (SSSR count). The van der Waals surface area contributed by atoms with Crippen LogP contribution >= 0.6 is 35.0 Å². The van der Waals surface area contributed by atoms with Crippen molar-refractivity contribution in [1.82, 2.24) is 0 Å². The highest BCUT2D eigenvalue weighted by Crippen LogP contribution is 2.21. The van der Waals surface area contributed by atoms with Gasteiger partial charge in [-0.2, -0.15) is 0 Å². The smallest absolute Gasteiger partial charge is 0.216 e. The third kappa shape index (κ3) is 4.75. The second-order valence-corrected chi connectivity index (χ2v) is 5.71. The molecule has 0 atom stereocenters. The van der Waals surface area contributed by atoms with Crippen molar-refractivity contribution in [3.63, 3.8) is 0 Å². The Morgan fingerprint density at radius 2 is 1.42 bits per heavy atom. The van der Waals surface area contributed by atoms with E-state index in [1.165, 1.54) is 0 Å². The number of rotatable bonds is 3. The number of hydrogen-bond donors (Lipinski definition) is 0. The van der Waals surface area contributed by atoms with E-state index in [-0.39, 0.29) is 5.12 Å². The molecular weight excluding hydrogens is 299 g/mol. The summed E-state index contributed by atoms with van der Waals surface area (Å²) in [6.45, 7) is 0. The third-order valence-corrected chi connectivity index (χ3v) is 3.66. The van der Waals surface area contributed by atoms with Gasteiger partial charge in [0.25, 0.3) is 0 Å². The normalized spacial score (nSPS) is 10.8. The van der Waals surface area contributed by atoms with Crippen molar-refractivity contribution in [1.29, 1.82) is 0 Å². The first kappa shape index (κ1) is 14.2. The minimum Gasteiger partial charge on any atom is -0.282 e. The first-order chi connectivity index (χ1) is 9.13. The summed E-state index contributed by atoms with van der Waals surface area (Å²) in [4.78, 5) is 12.6. The van der Waals surface area contributed by atoms with Crippen LogP contribution in [0.4, 0.5) is 0 Å². The quantitative estimate of drug-likeness (QED) is 0.563. The van der Waals surface area contributed by atoms with Crippen molar-refractivity contribution < 1.29 is 4.79 Å². The summed E-state index contributed by atoms with van der Waals surface area (Å²) < 4.78 is 0. The molecule has 2 aromatic carbocycles. The molecule has 0 radical (unpaired) electrons. The predicted molar refractivity (Wildman–Crippen MR) is 82.8 cm³/mol. The van der Waals surface area contributed by atoms with Crippen LogP contribution in [0.5, 0.6) is 0 Å². The van der Waals surface area contributed by atoms with Gasteiger partial charge in [0.05, 0.1) is 0 Å². The van der Waals surface area contributed by atoms with E-state index in [1.54, 1.807) is 36.4 Å². The van der Waals surface area contributed by atoms with Crippen molar-refractivity contribution >= 4 is 46.2 Å². The van der Waals surface area contributed by atoms with E-state index >= 15 is 0 Å². The minimum atomic E-state index is -0.0303. The van der Waals surface area contributed by atoms with Gasteiger partial charge in [-0.1, -0.05) is 41.4 Å². The summed E-state index contributed by atoms with van der Waals surface area (Å²) in [6, 6.07) is 14.5. The number of carbonyl (C=O) groups is 1. The van der Waals surface area contributed by atoms with Crippen molar-refractivity contribution in [2.24, 2.45) is 0 Å². The molecule has 0 unspecified atom stereocenters. The number of benzene rings is 2. The number of hydrogen-bond acceptors (Lipinski definition) is 2. The molecule has 0 aliphatic carbocycles. The Morgan fingerprint density at radius 3 is 2.00 bits per heavy atom. The fourth-order valence-corrected chi connectivity index (χ4v) is 2.28. The second kappa shape index (κ2) is 6.80. The molecule has 0 saturated carbocycles. The van der Waals surface area contributed by atoms with Crippen LogP contribution in [0.3, 0.4) is 0 Å². The van der Waals surface area contributed by atoms with Gasteiger partial charge in [0.2, 0.25) is 5.12 Å². The maximum Gasteiger partial charge on any atom is 0.216 e. The molecule has 0 bridgehead atoms. The van der Waals surface area contributed by atoms with Crippen molar-refractivity contribution in [3.8, 4) is 0 Å². The number of halogens is 2. The molecule has 1 nitrogen and oxygen atoms in total. The summed E-state index contributed by atoms with van der Waals surface area (Å²) in [5, 5.41) is 1.31. The molecule has 0 aromatic heterocycles. The van der Waals surface area contributed by atoms with Crippen molar-refractivity contribution in [2.45, 2.75) is 4.90 Å². The average molecular weight is 309 g/mol. The van der Waals surface area contributed by atoms with Gasteiger partial charge < -0.3 is 0 Å². The van der Waals surface area contributed by atoms with E-state index in [0.29, 0.717) is 10.0 Å². The Hall–Kier alpha value is -1.22. The van der Waals surface area contributed by atoms with Gasteiger partial charge in [0, 0.05) is 14.9 Å². The van der Waals surface area contributed by atoms with E-state index in [1.807, 2.05) is 24.3 Å².